The Bertz CT molecular complexity index is 422. The van der Waals surface area contributed by atoms with Crippen molar-refractivity contribution in [3.63, 3.8) is 0 Å². The van der Waals surface area contributed by atoms with Gasteiger partial charge in [0.15, 0.2) is 0 Å². The van der Waals surface area contributed by atoms with Crippen LogP contribution in [0.5, 0.6) is 0 Å². The highest BCUT2D eigenvalue weighted by atomic mass is 16.5. The summed E-state index contributed by atoms with van der Waals surface area (Å²) in [5.74, 6) is 0.800. The van der Waals surface area contributed by atoms with Crippen molar-refractivity contribution in [2.24, 2.45) is 5.92 Å². The lowest BCUT2D eigenvalue weighted by Gasteiger charge is -2.38. The molecule has 3 saturated heterocycles. The summed E-state index contributed by atoms with van der Waals surface area (Å²) in [6, 6.07) is 0. The molecule has 6 heteroatoms. The Morgan fingerprint density at radius 1 is 1.38 bits per heavy atom. The Hall–Kier alpha value is -1.14. The molecule has 0 aliphatic carbocycles. The quantitative estimate of drug-likeness (QED) is 0.769. The number of carbonyl (C=O) groups excluding carboxylic acids is 2. The van der Waals surface area contributed by atoms with E-state index in [0.29, 0.717) is 25.4 Å². The summed E-state index contributed by atoms with van der Waals surface area (Å²) in [5, 5.41) is 3.33. The third-order valence-electron chi connectivity index (χ3n) is 5.04. The molecule has 3 fully saturated rings. The van der Waals surface area contributed by atoms with Gasteiger partial charge in [0, 0.05) is 20.0 Å². The maximum Gasteiger partial charge on any atom is 0.248 e. The number of carbonyl (C=O) groups is 2. The third kappa shape index (κ3) is 3.21. The highest BCUT2D eigenvalue weighted by Crippen LogP contribution is 2.30. The van der Waals surface area contributed by atoms with Crippen LogP contribution in [-0.4, -0.2) is 73.6 Å². The molecule has 3 heterocycles. The smallest absolute Gasteiger partial charge is 0.248 e. The molecular weight excluding hydrogens is 270 g/mol. The van der Waals surface area contributed by atoms with E-state index in [0.717, 1.165) is 38.9 Å². The van der Waals surface area contributed by atoms with Crippen LogP contribution in [-0.2, 0) is 14.3 Å². The van der Waals surface area contributed by atoms with Gasteiger partial charge in [-0.05, 0) is 38.3 Å². The predicted molar refractivity (Wildman–Crippen MR) is 77.7 cm³/mol. The summed E-state index contributed by atoms with van der Waals surface area (Å²) < 4.78 is 5.78. The minimum Gasteiger partial charge on any atom is -0.361 e. The van der Waals surface area contributed by atoms with Gasteiger partial charge in [-0.1, -0.05) is 0 Å². The van der Waals surface area contributed by atoms with Crippen molar-refractivity contribution in [3.05, 3.63) is 0 Å². The minimum atomic E-state index is -0.327. The maximum absolute atomic E-state index is 12.5. The minimum absolute atomic E-state index is 0.0279. The van der Waals surface area contributed by atoms with Crippen LogP contribution in [0.1, 0.15) is 25.7 Å². The number of nitrogens with one attached hydrogen (secondary N) is 1. The van der Waals surface area contributed by atoms with Gasteiger partial charge in [0.1, 0.15) is 12.2 Å². The van der Waals surface area contributed by atoms with Crippen LogP contribution in [0.25, 0.3) is 0 Å². The Morgan fingerprint density at radius 2 is 2.14 bits per heavy atom. The lowest BCUT2D eigenvalue weighted by Crippen LogP contribution is -2.54. The standard InChI is InChI=1S/C15H25N3O3/c1-17-10-15(21-9-14(17)20)4-7-18(11-15)13(19)8-12-2-5-16-6-3-12/h12,16H,2-11H2,1H3/t15-/m1/s1. The molecule has 1 spiro atoms. The molecule has 0 unspecified atom stereocenters. The predicted octanol–water partition coefficient (Wildman–Crippen LogP) is -0.164. The van der Waals surface area contributed by atoms with E-state index in [1.807, 2.05) is 11.9 Å². The van der Waals surface area contributed by atoms with Gasteiger partial charge in [0.05, 0.1) is 13.1 Å². The van der Waals surface area contributed by atoms with Crippen LogP contribution >= 0.6 is 0 Å². The molecule has 0 saturated carbocycles. The Morgan fingerprint density at radius 3 is 2.86 bits per heavy atom. The van der Waals surface area contributed by atoms with Crippen molar-refractivity contribution in [1.82, 2.24) is 15.1 Å². The fourth-order valence-electron chi connectivity index (χ4n) is 3.66. The number of likely N-dealkylation sites (tertiary alicyclic amines) is 1. The van der Waals surface area contributed by atoms with Crippen LogP contribution in [0.15, 0.2) is 0 Å². The fraction of sp³-hybridized carbons (Fsp3) is 0.867. The summed E-state index contributed by atoms with van der Waals surface area (Å²) in [5.41, 5.74) is -0.327. The summed E-state index contributed by atoms with van der Waals surface area (Å²) in [6.45, 7) is 4.19. The lowest BCUT2D eigenvalue weighted by atomic mass is 9.94. The van der Waals surface area contributed by atoms with Gasteiger partial charge in [-0.25, -0.2) is 0 Å². The number of hydrogen-bond donors (Lipinski definition) is 1. The van der Waals surface area contributed by atoms with Crippen LogP contribution in [0.2, 0.25) is 0 Å². The third-order valence-corrected chi connectivity index (χ3v) is 5.04. The van der Waals surface area contributed by atoms with Crippen molar-refractivity contribution in [3.8, 4) is 0 Å². The second-order valence-corrected chi connectivity index (χ2v) is 6.68. The molecular formula is C15H25N3O3. The molecule has 0 aromatic heterocycles. The van der Waals surface area contributed by atoms with Crippen molar-refractivity contribution < 1.29 is 14.3 Å². The summed E-state index contributed by atoms with van der Waals surface area (Å²) in [4.78, 5) is 27.6. The zero-order valence-electron chi connectivity index (χ0n) is 12.8. The molecule has 0 aromatic rings. The number of rotatable bonds is 2. The van der Waals surface area contributed by atoms with Crippen molar-refractivity contribution in [2.75, 3.05) is 46.4 Å². The molecule has 3 aliphatic rings. The number of ether oxygens (including phenoxy) is 1. The zero-order chi connectivity index (χ0) is 14.9. The number of likely N-dealkylation sites (N-methyl/N-ethyl adjacent to an activating group) is 1. The van der Waals surface area contributed by atoms with E-state index in [4.69, 9.17) is 4.74 Å². The summed E-state index contributed by atoms with van der Waals surface area (Å²) in [6.07, 6.45) is 3.69. The van der Waals surface area contributed by atoms with Gasteiger partial charge in [-0.3, -0.25) is 9.59 Å². The van der Waals surface area contributed by atoms with Gasteiger partial charge >= 0.3 is 0 Å². The van der Waals surface area contributed by atoms with E-state index >= 15 is 0 Å². The van der Waals surface area contributed by atoms with E-state index in [9.17, 15) is 9.59 Å². The average molecular weight is 295 g/mol. The monoisotopic (exact) mass is 295 g/mol. The summed E-state index contributed by atoms with van der Waals surface area (Å²) in [7, 11) is 1.81. The Kier molecular flexibility index (Phi) is 4.17. The highest BCUT2D eigenvalue weighted by molar-refractivity contribution is 5.79. The van der Waals surface area contributed by atoms with Crippen LogP contribution in [0, 0.1) is 5.92 Å². The SMILES string of the molecule is CN1C[C@@]2(CCN(C(=O)CC3CCNCC3)C2)OCC1=O. The normalized spacial score (nSPS) is 31.2. The van der Waals surface area contributed by atoms with Crippen LogP contribution in [0.3, 0.4) is 0 Å². The van der Waals surface area contributed by atoms with Crippen LogP contribution < -0.4 is 5.32 Å². The molecule has 118 valence electrons. The van der Waals surface area contributed by atoms with E-state index in [1.165, 1.54) is 0 Å². The number of amides is 2. The second kappa shape index (κ2) is 5.93. The van der Waals surface area contributed by atoms with Gasteiger partial charge in [0.25, 0.3) is 0 Å². The average Bonchev–Trinajstić information content (AvgIpc) is 2.89. The number of piperidine rings is 1. The topological polar surface area (TPSA) is 61.9 Å². The molecule has 3 aliphatic heterocycles. The van der Waals surface area contributed by atoms with E-state index < -0.39 is 0 Å². The maximum atomic E-state index is 12.5. The second-order valence-electron chi connectivity index (χ2n) is 6.68. The Balaban J connectivity index is 1.54. The number of nitrogens with zero attached hydrogens (tertiary/aromatic N) is 2. The van der Waals surface area contributed by atoms with Gasteiger partial charge in [0.2, 0.25) is 11.8 Å². The highest BCUT2D eigenvalue weighted by Gasteiger charge is 2.45. The number of hydrogen-bond acceptors (Lipinski definition) is 4. The largest absolute Gasteiger partial charge is 0.361 e. The van der Waals surface area contributed by atoms with Crippen LogP contribution in [0.4, 0.5) is 0 Å². The summed E-state index contributed by atoms with van der Waals surface area (Å²) >= 11 is 0. The van der Waals surface area contributed by atoms with E-state index in [1.54, 1.807) is 4.90 Å². The molecule has 6 nitrogen and oxygen atoms in total. The molecule has 0 radical (unpaired) electrons. The van der Waals surface area contributed by atoms with E-state index in [-0.39, 0.29) is 24.0 Å². The molecule has 3 rings (SSSR count). The lowest BCUT2D eigenvalue weighted by molar-refractivity contribution is -0.159. The fourth-order valence-corrected chi connectivity index (χ4v) is 3.66. The molecule has 1 N–H and O–H groups in total. The first-order chi connectivity index (χ1) is 10.1. The molecule has 21 heavy (non-hydrogen) atoms. The van der Waals surface area contributed by atoms with Gasteiger partial charge < -0.3 is 19.9 Å². The van der Waals surface area contributed by atoms with Crippen molar-refractivity contribution in [1.29, 1.82) is 0 Å². The first-order valence-corrected chi connectivity index (χ1v) is 7.94. The van der Waals surface area contributed by atoms with Gasteiger partial charge in [-0.2, -0.15) is 0 Å². The van der Waals surface area contributed by atoms with Gasteiger partial charge in [-0.15, -0.1) is 0 Å². The first kappa shape index (κ1) is 14.8. The van der Waals surface area contributed by atoms with Crippen molar-refractivity contribution >= 4 is 11.8 Å². The molecule has 1 atom stereocenters. The molecule has 2 amide bonds. The van der Waals surface area contributed by atoms with E-state index in [2.05, 4.69) is 5.32 Å². The first-order valence-electron chi connectivity index (χ1n) is 7.94. The Labute approximate surface area is 125 Å². The molecule has 0 aromatic carbocycles. The number of morpholine rings is 1. The van der Waals surface area contributed by atoms with Crippen molar-refractivity contribution in [2.45, 2.75) is 31.3 Å². The molecule has 0 bridgehead atoms. The zero-order valence-corrected chi connectivity index (χ0v) is 12.8.